The van der Waals surface area contributed by atoms with E-state index in [1.165, 1.54) is 0 Å². The summed E-state index contributed by atoms with van der Waals surface area (Å²) in [7, 11) is 1.67. The summed E-state index contributed by atoms with van der Waals surface area (Å²) in [6, 6.07) is 16.3. The van der Waals surface area contributed by atoms with Gasteiger partial charge in [0.25, 0.3) is 0 Å². The third kappa shape index (κ3) is 7.72. The first-order chi connectivity index (χ1) is 16.1. The van der Waals surface area contributed by atoms with Crippen molar-refractivity contribution < 1.29 is 4.74 Å². The highest BCUT2D eigenvalue weighted by Crippen LogP contribution is 2.26. The molecule has 33 heavy (non-hydrogen) atoms. The highest BCUT2D eigenvalue weighted by atomic mass is 16.5. The van der Waals surface area contributed by atoms with Gasteiger partial charge in [-0.25, -0.2) is 0 Å². The van der Waals surface area contributed by atoms with Gasteiger partial charge in [-0.3, -0.25) is 15.4 Å². The molecule has 0 saturated carbocycles. The van der Waals surface area contributed by atoms with Crippen molar-refractivity contribution in [1.82, 2.24) is 15.4 Å². The van der Waals surface area contributed by atoms with Crippen LogP contribution in [0.3, 0.4) is 0 Å². The van der Waals surface area contributed by atoms with Crippen LogP contribution in [0.15, 0.2) is 102 Å². The minimum atomic E-state index is -0.0419. The van der Waals surface area contributed by atoms with Gasteiger partial charge in [-0.1, -0.05) is 56.8 Å². The molecule has 174 valence electrons. The molecule has 2 heterocycles. The molecule has 0 saturated heterocycles. The number of benzene rings is 1. The van der Waals surface area contributed by atoms with Gasteiger partial charge in [-0.2, -0.15) is 0 Å². The maximum absolute atomic E-state index is 5.22. The molecule has 0 aliphatic carbocycles. The van der Waals surface area contributed by atoms with Crippen molar-refractivity contribution in [3.63, 3.8) is 0 Å². The molecular formula is C28H36N4O. The molecular weight excluding hydrogens is 408 g/mol. The molecule has 0 bridgehead atoms. The largest absolute Gasteiger partial charge is 0.497 e. The van der Waals surface area contributed by atoms with Gasteiger partial charge in [0.1, 0.15) is 11.6 Å². The van der Waals surface area contributed by atoms with Crippen molar-refractivity contribution in [1.29, 1.82) is 0 Å². The topological polar surface area (TPSA) is 52.6 Å². The number of aryl methyl sites for hydroxylation is 1. The van der Waals surface area contributed by atoms with E-state index in [1.807, 2.05) is 80.7 Å². The maximum Gasteiger partial charge on any atom is 0.140 e. The smallest absolute Gasteiger partial charge is 0.140 e. The molecule has 3 rings (SSSR count). The average Bonchev–Trinajstić information content (AvgIpc) is 2.95. The number of amidine groups is 1. The van der Waals surface area contributed by atoms with Crippen LogP contribution in [0.25, 0.3) is 0 Å². The van der Waals surface area contributed by atoms with E-state index in [0.717, 1.165) is 34.0 Å². The van der Waals surface area contributed by atoms with Gasteiger partial charge in [0.15, 0.2) is 0 Å². The number of aromatic nitrogens is 1. The molecule has 2 N–H and O–H groups in total. The Morgan fingerprint density at radius 1 is 1.09 bits per heavy atom. The van der Waals surface area contributed by atoms with Crippen molar-refractivity contribution in [3.05, 3.63) is 114 Å². The molecule has 2 aromatic rings. The molecule has 0 spiro atoms. The summed E-state index contributed by atoms with van der Waals surface area (Å²) in [5.41, 5.74) is 7.72. The Balaban J connectivity index is 0.00000187. The monoisotopic (exact) mass is 444 g/mol. The van der Waals surface area contributed by atoms with E-state index in [4.69, 9.17) is 9.73 Å². The van der Waals surface area contributed by atoms with Crippen LogP contribution in [0.1, 0.15) is 43.5 Å². The standard InChI is InChI=1S/C26H30N4O.C2H6/c1-5-7-25(23-8-6-16-27-17-15-20(2)18-23)30-21(3)9-14-26(29-30)28-19-22-10-12-24(31-4)13-11-22;1-2/h5-18,25,27H,3,19H2,1-2,4H3,(H,28,29);1-2H3. The maximum atomic E-state index is 5.22. The summed E-state index contributed by atoms with van der Waals surface area (Å²) in [4.78, 5) is 7.88. The number of aromatic amines is 1. The molecule has 5 nitrogen and oxygen atoms in total. The average molecular weight is 445 g/mol. The zero-order valence-electron chi connectivity index (χ0n) is 20.4. The predicted molar refractivity (Wildman–Crippen MR) is 139 cm³/mol. The van der Waals surface area contributed by atoms with Crippen molar-refractivity contribution in [3.8, 4) is 5.75 Å². The zero-order chi connectivity index (χ0) is 24.1. The second-order valence-corrected chi connectivity index (χ2v) is 7.24. The molecule has 1 atom stereocenters. The van der Waals surface area contributed by atoms with Gasteiger partial charge in [0.05, 0.1) is 25.4 Å². The lowest BCUT2D eigenvalue weighted by atomic mass is 10.0. The van der Waals surface area contributed by atoms with Crippen molar-refractivity contribution in [2.45, 2.75) is 40.3 Å². The van der Waals surface area contributed by atoms with Gasteiger partial charge in [0, 0.05) is 12.4 Å². The Kier molecular flexibility index (Phi) is 10.5. The van der Waals surface area contributed by atoms with Crippen LogP contribution in [0.5, 0.6) is 5.75 Å². The quantitative estimate of drug-likeness (QED) is 0.494. The first-order valence-corrected chi connectivity index (χ1v) is 11.3. The first-order valence-electron chi connectivity index (χ1n) is 11.3. The van der Waals surface area contributed by atoms with Crippen LogP contribution in [0.2, 0.25) is 0 Å². The number of methoxy groups -OCH3 is 1. The molecule has 5 heteroatoms. The number of nitrogens with zero attached hydrogens (tertiary/aromatic N) is 2. The fourth-order valence-electron chi connectivity index (χ4n) is 3.25. The zero-order valence-corrected chi connectivity index (χ0v) is 20.4. The number of hydrogen-bond acceptors (Lipinski definition) is 3. The molecule has 0 fully saturated rings. The van der Waals surface area contributed by atoms with E-state index < -0.39 is 0 Å². The van der Waals surface area contributed by atoms with E-state index >= 15 is 0 Å². The van der Waals surface area contributed by atoms with Crippen LogP contribution in [-0.4, -0.2) is 22.9 Å². The summed E-state index contributed by atoms with van der Waals surface area (Å²) in [6.45, 7) is 12.9. The summed E-state index contributed by atoms with van der Waals surface area (Å²) < 4.78 is 5.22. The molecule has 1 unspecified atom stereocenters. The molecule has 1 aromatic carbocycles. The number of hydrogen-bond donors (Lipinski definition) is 2. The normalized spacial score (nSPS) is 14.9. The second kappa shape index (κ2) is 13.6. The van der Waals surface area contributed by atoms with Crippen LogP contribution < -0.4 is 10.2 Å². The molecule has 0 amide bonds. The molecule has 0 radical (unpaired) electrons. The third-order valence-corrected chi connectivity index (χ3v) is 4.88. The summed E-state index contributed by atoms with van der Waals surface area (Å²) in [5.74, 6) is 1.63. The van der Waals surface area contributed by atoms with E-state index in [-0.39, 0.29) is 6.04 Å². The fourth-order valence-corrected chi connectivity index (χ4v) is 3.25. The number of aliphatic imine (C=N–C) groups is 1. The van der Waals surface area contributed by atoms with Gasteiger partial charge < -0.3 is 9.72 Å². The van der Waals surface area contributed by atoms with E-state index in [1.54, 1.807) is 7.11 Å². The van der Waals surface area contributed by atoms with Crippen LogP contribution in [0, 0.1) is 6.92 Å². The number of nitrogens with one attached hydrogen (secondary N) is 2. The minimum absolute atomic E-state index is 0.0419. The fraction of sp³-hybridized carbons (Fsp3) is 0.250. The van der Waals surface area contributed by atoms with Gasteiger partial charge >= 0.3 is 0 Å². The van der Waals surface area contributed by atoms with E-state index in [0.29, 0.717) is 6.54 Å². The second-order valence-electron chi connectivity index (χ2n) is 7.24. The first kappa shape index (κ1) is 25.5. The molecule has 1 aliphatic heterocycles. The van der Waals surface area contributed by atoms with Gasteiger partial charge in [-0.15, -0.1) is 0 Å². The van der Waals surface area contributed by atoms with Crippen molar-refractivity contribution in [2.24, 2.45) is 4.99 Å². The molecule has 1 aromatic heterocycles. The lowest BCUT2D eigenvalue weighted by molar-refractivity contribution is 0.262. The minimum Gasteiger partial charge on any atom is -0.497 e. The summed E-state index contributed by atoms with van der Waals surface area (Å²) >= 11 is 0. The Hall–Kier alpha value is -3.73. The Morgan fingerprint density at radius 3 is 2.55 bits per heavy atom. The summed E-state index contributed by atoms with van der Waals surface area (Å²) in [5, 5.41) is 2.05. The van der Waals surface area contributed by atoms with E-state index in [9.17, 15) is 0 Å². The van der Waals surface area contributed by atoms with Gasteiger partial charge in [-0.05, 0) is 67.0 Å². The Labute approximate surface area is 198 Å². The number of rotatable bonds is 6. The SMILES string of the molecule is C=C1C=CC(=NCc2ccc(OC)cc2)NN1C(C=CC)c1ccc[nH]ccc(C)c1.CC. The van der Waals surface area contributed by atoms with Gasteiger partial charge in [0.2, 0.25) is 0 Å². The number of allylic oxidation sites excluding steroid dienone is 2. The lowest BCUT2D eigenvalue weighted by Gasteiger charge is -2.35. The van der Waals surface area contributed by atoms with Crippen molar-refractivity contribution in [2.75, 3.05) is 7.11 Å². The number of H-pyrrole nitrogens is 1. The predicted octanol–water partition coefficient (Wildman–Crippen LogP) is 6.59. The number of hydrazine groups is 1. The highest BCUT2D eigenvalue weighted by Gasteiger charge is 2.21. The van der Waals surface area contributed by atoms with E-state index in [2.05, 4.69) is 54.3 Å². The number of ether oxygens (including phenoxy) is 1. The van der Waals surface area contributed by atoms with Crippen LogP contribution in [-0.2, 0) is 6.54 Å². The van der Waals surface area contributed by atoms with Crippen LogP contribution in [0.4, 0.5) is 0 Å². The Bertz CT molecular complexity index is 1030. The highest BCUT2D eigenvalue weighted by molar-refractivity contribution is 5.94. The molecule has 1 aliphatic rings. The summed E-state index contributed by atoms with van der Waals surface area (Å²) in [6.07, 6.45) is 12.0. The van der Waals surface area contributed by atoms with Crippen LogP contribution >= 0.6 is 0 Å². The third-order valence-electron chi connectivity index (χ3n) is 4.88. The van der Waals surface area contributed by atoms with Crippen molar-refractivity contribution >= 4 is 5.84 Å². The Morgan fingerprint density at radius 2 is 1.85 bits per heavy atom. The lowest BCUT2D eigenvalue weighted by Crippen LogP contribution is -2.44.